The molecule has 3 aromatic carbocycles. The molecule has 3 rings (SSSR count). The van der Waals surface area contributed by atoms with Gasteiger partial charge in [-0.05, 0) is 36.8 Å². The SMILES string of the molecule is Cc1ccc(C(=O)NCC(=O)N/N=C\c2ccccc2OCc2ccccc2)cc1. The summed E-state index contributed by atoms with van der Waals surface area (Å²) < 4.78 is 5.86. The molecule has 2 amide bonds. The van der Waals surface area contributed by atoms with E-state index in [4.69, 9.17) is 4.74 Å². The number of hydrazone groups is 1. The lowest BCUT2D eigenvalue weighted by Crippen LogP contribution is -2.34. The zero-order valence-corrected chi connectivity index (χ0v) is 16.7. The normalized spacial score (nSPS) is 10.6. The molecule has 6 heteroatoms. The van der Waals surface area contributed by atoms with Crippen molar-refractivity contribution in [3.8, 4) is 5.75 Å². The third kappa shape index (κ3) is 6.31. The molecule has 152 valence electrons. The maximum Gasteiger partial charge on any atom is 0.259 e. The van der Waals surface area contributed by atoms with Crippen LogP contribution in [0, 0.1) is 6.92 Å². The van der Waals surface area contributed by atoms with Crippen molar-refractivity contribution in [2.24, 2.45) is 5.10 Å². The Bertz CT molecular complexity index is 1020. The number of ether oxygens (including phenoxy) is 1. The van der Waals surface area contributed by atoms with E-state index >= 15 is 0 Å². The third-order valence-electron chi connectivity index (χ3n) is 4.27. The molecule has 0 unspecified atom stereocenters. The van der Waals surface area contributed by atoms with Crippen LogP contribution in [0.3, 0.4) is 0 Å². The van der Waals surface area contributed by atoms with Gasteiger partial charge in [0, 0.05) is 11.1 Å². The molecule has 0 spiro atoms. The molecular formula is C24H23N3O3. The van der Waals surface area contributed by atoms with E-state index in [0.717, 1.165) is 16.7 Å². The fraction of sp³-hybridized carbons (Fsp3) is 0.125. The van der Waals surface area contributed by atoms with E-state index in [-0.39, 0.29) is 12.5 Å². The fourth-order valence-corrected chi connectivity index (χ4v) is 2.63. The van der Waals surface area contributed by atoms with Crippen molar-refractivity contribution in [1.29, 1.82) is 0 Å². The maximum absolute atomic E-state index is 12.0. The Morgan fingerprint density at radius 1 is 0.933 bits per heavy atom. The summed E-state index contributed by atoms with van der Waals surface area (Å²) >= 11 is 0. The van der Waals surface area contributed by atoms with Crippen LogP contribution in [0.1, 0.15) is 27.0 Å². The van der Waals surface area contributed by atoms with E-state index in [1.165, 1.54) is 6.21 Å². The van der Waals surface area contributed by atoms with E-state index in [1.807, 2.05) is 73.7 Å². The lowest BCUT2D eigenvalue weighted by Gasteiger charge is -2.09. The number of carbonyl (C=O) groups is 2. The highest BCUT2D eigenvalue weighted by molar-refractivity contribution is 5.96. The summed E-state index contributed by atoms with van der Waals surface area (Å²) in [6, 6.07) is 24.4. The lowest BCUT2D eigenvalue weighted by molar-refractivity contribution is -0.120. The zero-order chi connectivity index (χ0) is 21.2. The Hall–Kier alpha value is -3.93. The molecule has 0 bridgehead atoms. The topological polar surface area (TPSA) is 79.8 Å². The van der Waals surface area contributed by atoms with Crippen LogP contribution >= 0.6 is 0 Å². The number of hydrogen-bond donors (Lipinski definition) is 2. The molecule has 0 saturated carbocycles. The predicted molar refractivity (Wildman–Crippen MR) is 116 cm³/mol. The fourth-order valence-electron chi connectivity index (χ4n) is 2.63. The Morgan fingerprint density at radius 3 is 2.40 bits per heavy atom. The minimum atomic E-state index is -0.422. The standard InChI is InChI=1S/C24H23N3O3/c1-18-11-13-20(14-12-18)24(29)25-16-23(28)27-26-15-21-9-5-6-10-22(21)30-17-19-7-3-2-4-8-19/h2-15H,16-17H2,1H3,(H,25,29)(H,27,28)/b26-15-. The summed E-state index contributed by atoms with van der Waals surface area (Å²) in [4.78, 5) is 24.0. The van der Waals surface area contributed by atoms with Gasteiger partial charge in [-0.2, -0.15) is 5.10 Å². The summed E-state index contributed by atoms with van der Waals surface area (Å²) in [6.07, 6.45) is 1.51. The van der Waals surface area contributed by atoms with E-state index in [9.17, 15) is 9.59 Å². The predicted octanol–water partition coefficient (Wildman–Crippen LogP) is 3.45. The average molecular weight is 401 g/mol. The number of nitrogens with zero attached hydrogens (tertiary/aromatic N) is 1. The molecule has 0 saturated heterocycles. The molecule has 2 N–H and O–H groups in total. The average Bonchev–Trinajstić information content (AvgIpc) is 2.78. The van der Waals surface area contributed by atoms with Gasteiger partial charge in [0.1, 0.15) is 12.4 Å². The number of carbonyl (C=O) groups excluding carboxylic acids is 2. The van der Waals surface area contributed by atoms with Gasteiger partial charge in [0.15, 0.2) is 0 Å². The molecule has 0 aliphatic carbocycles. The van der Waals surface area contributed by atoms with Crippen molar-refractivity contribution in [1.82, 2.24) is 10.7 Å². The molecule has 0 radical (unpaired) electrons. The Morgan fingerprint density at radius 2 is 1.63 bits per heavy atom. The number of amides is 2. The highest BCUT2D eigenvalue weighted by Gasteiger charge is 2.07. The molecule has 6 nitrogen and oxygen atoms in total. The van der Waals surface area contributed by atoms with Crippen molar-refractivity contribution in [3.63, 3.8) is 0 Å². The van der Waals surface area contributed by atoms with Gasteiger partial charge >= 0.3 is 0 Å². The molecule has 0 atom stereocenters. The molecular weight excluding hydrogens is 378 g/mol. The summed E-state index contributed by atoms with van der Waals surface area (Å²) in [5, 5.41) is 6.53. The smallest absolute Gasteiger partial charge is 0.259 e. The number of rotatable bonds is 8. The monoisotopic (exact) mass is 401 g/mol. The molecule has 0 fully saturated rings. The highest BCUT2D eigenvalue weighted by Crippen LogP contribution is 2.17. The second-order valence-electron chi connectivity index (χ2n) is 6.65. The molecule has 0 aromatic heterocycles. The minimum absolute atomic E-state index is 0.170. The summed E-state index contributed by atoms with van der Waals surface area (Å²) in [5.41, 5.74) is 5.76. The van der Waals surface area contributed by atoms with Gasteiger partial charge in [0.05, 0.1) is 12.8 Å². The zero-order valence-electron chi connectivity index (χ0n) is 16.7. The first-order valence-corrected chi connectivity index (χ1v) is 9.54. The Labute approximate surface area is 175 Å². The van der Waals surface area contributed by atoms with Crippen molar-refractivity contribution < 1.29 is 14.3 Å². The van der Waals surface area contributed by atoms with Gasteiger partial charge in [0.25, 0.3) is 11.8 Å². The van der Waals surface area contributed by atoms with E-state index in [2.05, 4.69) is 15.8 Å². The van der Waals surface area contributed by atoms with Gasteiger partial charge in [-0.25, -0.2) is 5.43 Å². The van der Waals surface area contributed by atoms with E-state index in [1.54, 1.807) is 12.1 Å². The highest BCUT2D eigenvalue weighted by atomic mass is 16.5. The largest absolute Gasteiger partial charge is 0.488 e. The van der Waals surface area contributed by atoms with Crippen LogP contribution in [-0.2, 0) is 11.4 Å². The summed E-state index contributed by atoms with van der Waals surface area (Å²) in [5.74, 6) is -0.0739. The van der Waals surface area contributed by atoms with Crippen LogP contribution in [-0.4, -0.2) is 24.6 Å². The van der Waals surface area contributed by atoms with E-state index in [0.29, 0.717) is 17.9 Å². The molecule has 3 aromatic rings. The van der Waals surface area contributed by atoms with Gasteiger partial charge in [-0.1, -0.05) is 60.2 Å². The van der Waals surface area contributed by atoms with Crippen LogP contribution in [0.2, 0.25) is 0 Å². The van der Waals surface area contributed by atoms with Crippen LogP contribution in [0.25, 0.3) is 0 Å². The van der Waals surface area contributed by atoms with Crippen molar-refractivity contribution in [2.45, 2.75) is 13.5 Å². The third-order valence-corrected chi connectivity index (χ3v) is 4.27. The van der Waals surface area contributed by atoms with Crippen LogP contribution < -0.4 is 15.5 Å². The number of aryl methyl sites for hydroxylation is 1. The summed E-state index contributed by atoms with van der Waals surface area (Å²) in [7, 11) is 0. The van der Waals surface area contributed by atoms with E-state index < -0.39 is 5.91 Å². The number of benzene rings is 3. The summed E-state index contributed by atoms with van der Waals surface area (Å²) in [6.45, 7) is 2.21. The molecule has 0 aliphatic rings. The number of hydrogen-bond acceptors (Lipinski definition) is 4. The second kappa shape index (κ2) is 10.6. The van der Waals surface area contributed by atoms with Crippen LogP contribution in [0.4, 0.5) is 0 Å². The molecule has 0 heterocycles. The van der Waals surface area contributed by atoms with Crippen LogP contribution in [0.5, 0.6) is 5.75 Å². The Balaban J connectivity index is 1.49. The first-order valence-electron chi connectivity index (χ1n) is 9.54. The van der Waals surface area contributed by atoms with Gasteiger partial charge in [-0.3, -0.25) is 9.59 Å². The quantitative estimate of drug-likeness (QED) is 0.448. The number of para-hydroxylation sites is 1. The maximum atomic E-state index is 12.0. The minimum Gasteiger partial charge on any atom is -0.488 e. The van der Waals surface area contributed by atoms with Crippen molar-refractivity contribution in [3.05, 3.63) is 101 Å². The van der Waals surface area contributed by atoms with Crippen molar-refractivity contribution in [2.75, 3.05) is 6.54 Å². The molecule has 30 heavy (non-hydrogen) atoms. The first-order chi connectivity index (χ1) is 14.6. The van der Waals surface area contributed by atoms with Gasteiger partial charge in [-0.15, -0.1) is 0 Å². The number of nitrogens with one attached hydrogen (secondary N) is 2. The lowest BCUT2D eigenvalue weighted by atomic mass is 10.1. The van der Waals surface area contributed by atoms with Crippen LogP contribution in [0.15, 0.2) is 84.0 Å². The molecule has 0 aliphatic heterocycles. The first kappa shape index (κ1) is 20.8. The van der Waals surface area contributed by atoms with Crippen molar-refractivity contribution >= 4 is 18.0 Å². The second-order valence-corrected chi connectivity index (χ2v) is 6.65. The Kier molecular flexibility index (Phi) is 7.33. The van der Waals surface area contributed by atoms with Gasteiger partial charge in [0.2, 0.25) is 0 Å². The van der Waals surface area contributed by atoms with Gasteiger partial charge < -0.3 is 10.1 Å².